The maximum Gasteiger partial charge on any atom is 0.219 e. The number of hydrogen-bond donors (Lipinski definition) is 1. The summed E-state index contributed by atoms with van der Waals surface area (Å²) in [6.45, 7) is 4.58. The average molecular weight is 311 g/mol. The molecule has 0 fully saturated rings. The van der Waals surface area contributed by atoms with E-state index in [1.165, 1.54) is 0 Å². The molecule has 0 aliphatic heterocycles. The molecule has 2 rings (SSSR count). The normalized spacial score (nSPS) is 10.9. The van der Waals surface area contributed by atoms with E-state index < -0.39 is 0 Å². The van der Waals surface area contributed by atoms with E-state index in [0.29, 0.717) is 34.1 Å². The van der Waals surface area contributed by atoms with Gasteiger partial charge in [0.1, 0.15) is 5.75 Å². The molecular formula is C15H16Cl2N2O. The summed E-state index contributed by atoms with van der Waals surface area (Å²) in [7, 11) is 0. The molecule has 1 heterocycles. The van der Waals surface area contributed by atoms with Crippen molar-refractivity contribution in [1.82, 2.24) is 4.98 Å². The van der Waals surface area contributed by atoms with Gasteiger partial charge in [-0.15, -0.1) is 0 Å². The zero-order valence-corrected chi connectivity index (χ0v) is 12.9. The summed E-state index contributed by atoms with van der Waals surface area (Å²) in [6, 6.07) is 8.88. The number of ether oxygens (including phenoxy) is 1. The van der Waals surface area contributed by atoms with Gasteiger partial charge >= 0.3 is 0 Å². The molecule has 1 aromatic heterocycles. The van der Waals surface area contributed by atoms with Gasteiger partial charge in [-0.1, -0.05) is 37.0 Å². The van der Waals surface area contributed by atoms with Crippen molar-refractivity contribution in [2.45, 2.75) is 26.3 Å². The molecule has 1 aromatic carbocycles. The van der Waals surface area contributed by atoms with Gasteiger partial charge in [-0.05, 0) is 35.7 Å². The lowest BCUT2D eigenvalue weighted by molar-refractivity contribution is 0.459. The predicted molar refractivity (Wildman–Crippen MR) is 82.8 cm³/mol. The first kappa shape index (κ1) is 15.1. The van der Waals surface area contributed by atoms with E-state index in [9.17, 15) is 0 Å². The maximum atomic E-state index is 6.09. The Kier molecular flexibility index (Phi) is 4.86. The van der Waals surface area contributed by atoms with E-state index in [4.69, 9.17) is 33.7 Å². The molecule has 5 heteroatoms. The summed E-state index contributed by atoms with van der Waals surface area (Å²) >= 11 is 12.0. The summed E-state index contributed by atoms with van der Waals surface area (Å²) in [5.41, 5.74) is 7.62. The van der Waals surface area contributed by atoms with E-state index in [0.717, 1.165) is 11.3 Å². The number of halogens is 2. The topological polar surface area (TPSA) is 48.1 Å². The molecule has 0 saturated carbocycles. The van der Waals surface area contributed by atoms with Crippen LogP contribution in [-0.4, -0.2) is 4.98 Å². The minimum atomic E-state index is 0.296. The van der Waals surface area contributed by atoms with Gasteiger partial charge in [0, 0.05) is 23.3 Å². The van der Waals surface area contributed by atoms with Crippen molar-refractivity contribution < 1.29 is 4.74 Å². The predicted octanol–water partition coefficient (Wildman–Crippen LogP) is 4.76. The second-order valence-electron chi connectivity index (χ2n) is 4.77. The number of hydrogen-bond acceptors (Lipinski definition) is 3. The summed E-state index contributed by atoms with van der Waals surface area (Å²) in [6.07, 6.45) is 0. The Hall–Kier alpha value is -1.29. The zero-order valence-electron chi connectivity index (χ0n) is 11.4. The number of aromatic nitrogens is 1. The first-order valence-electron chi connectivity index (χ1n) is 6.33. The third-order valence-corrected chi connectivity index (χ3v) is 3.35. The molecule has 0 spiro atoms. The summed E-state index contributed by atoms with van der Waals surface area (Å²) < 4.78 is 5.74. The SMILES string of the molecule is CC(C)c1cc(CN)cc(Oc2ccc(Cl)cc2Cl)n1. The highest BCUT2D eigenvalue weighted by Gasteiger charge is 2.09. The van der Waals surface area contributed by atoms with Gasteiger partial charge in [0.15, 0.2) is 0 Å². The summed E-state index contributed by atoms with van der Waals surface area (Å²) in [4.78, 5) is 4.47. The van der Waals surface area contributed by atoms with Gasteiger partial charge in [0.25, 0.3) is 0 Å². The van der Waals surface area contributed by atoms with Crippen LogP contribution in [0, 0.1) is 0 Å². The molecule has 3 nitrogen and oxygen atoms in total. The molecule has 0 amide bonds. The van der Waals surface area contributed by atoms with Gasteiger partial charge in [-0.3, -0.25) is 0 Å². The van der Waals surface area contributed by atoms with Crippen molar-refractivity contribution in [3.63, 3.8) is 0 Å². The van der Waals surface area contributed by atoms with Crippen LogP contribution in [0.15, 0.2) is 30.3 Å². The van der Waals surface area contributed by atoms with Gasteiger partial charge in [0.2, 0.25) is 5.88 Å². The van der Waals surface area contributed by atoms with Crippen LogP contribution in [-0.2, 0) is 6.54 Å². The fraction of sp³-hybridized carbons (Fsp3) is 0.267. The minimum absolute atomic E-state index is 0.296. The molecule has 0 unspecified atom stereocenters. The molecule has 0 saturated heterocycles. The van der Waals surface area contributed by atoms with E-state index in [2.05, 4.69) is 18.8 Å². The highest BCUT2D eigenvalue weighted by molar-refractivity contribution is 6.35. The fourth-order valence-electron chi connectivity index (χ4n) is 1.72. The van der Waals surface area contributed by atoms with Crippen LogP contribution in [0.1, 0.15) is 31.0 Å². The van der Waals surface area contributed by atoms with Crippen molar-refractivity contribution in [3.05, 3.63) is 51.6 Å². The number of benzene rings is 1. The third-order valence-electron chi connectivity index (χ3n) is 2.82. The molecule has 0 radical (unpaired) electrons. The van der Waals surface area contributed by atoms with Gasteiger partial charge in [0.05, 0.1) is 5.02 Å². The molecule has 2 N–H and O–H groups in total. The van der Waals surface area contributed by atoms with Crippen LogP contribution in [0.2, 0.25) is 10.0 Å². The van der Waals surface area contributed by atoms with Crippen LogP contribution < -0.4 is 10.5 Å². The largest absolute Gasteiger partial charge is 0.437 e. The second-order valence-corrected chi connectivity index (χ2v) is 5.62. The summed E-state index contributed by atoms with van der Waals surface area (Å²) in [5.74, 6) is 1.30. The third kappa shape index (κ3) is 3.63. The van der Waals surface area contributed by atoms with Gasteiger partial charge in [-0.2, -0.15) is 0 Å². The molecule has 0 aliphatic rings. The quantitative estimate of drug-likeness (QED) is 0.885. The molecule has 2 aromatic rings. The average Bonchev–Trinajstić information content (AvgIpc) is 2.41. The lowest BCUT2D eigenvalue weighted by Crippen LogP contribution is -2.02. The van der Waals surface area contributed by atoms with Crippen LogP contribution in [0.4, 0.5) is 0 Å². The van der Waals surface area contributed by atoms with Gasteiger partial charge < -0.3 is 10.5 Å². The maximum absolute atomic E-state index is 6.09. The fourth-order valence-corrected chi connectivity index (χ4v) is 2.17. The lowest BCUT2D eigenvalue weighted by atomic mass is 10.1. The molecule has 20 heavy (non-hydrogen) atoms. The summed E-state index contributed by atoms with van der Waals surface area (Å²) in [5, 5.41) is 1.01. The highest BCUT2D eigenvalue weighted by Crippen LogP contribution is 2.31. The Bertz CT molecular complexity index is 615. The first-order valence-corrected chi connectivity index (χ1v) is 7.09. The lowest BCUT2D eigenvalue weighted by Gasteiger charge is -2.12. The van der Waals surface area contributed by atoms with E-state index in [-0.39, 0.29) is 0 Å². The molecular weight excluding hydrogens is 295 g/mol. The molecule has 0 bridgehead atoms. The van der Waals surface area contributed by atoms with Crippen molar-refractivity contribution in [1.29, 1.82) is 0 Å². The van der Waals surface area contributed by atoms with Crippen molar-refractivity contribution in [3.8, 4) is 11.6 Å². The van der Waals surface area contributed by atoms with E-state index >= 15 is 0 Å². The van der Waals surface area contributed by atoms with Crippen LogP contribution in [0.25, 0.3) is 0 Å². The van der Waals surface area contributed by atoms with Gasteiger partial charge in [-0.25, -0.2) is 4.98 Å². The first-order chi connectivity index (χ1) is 9.49. The molecule has 106 valence electrons. The molecule has 0 aliphatic carbocycles. The van der Waals surface area contributed by atoms with Crippen LogP contribution >= 0.6 is 23.2 Å². The Balaban J connectivity index is 2.34. The second kappa shape index (κ2) is 6.44. The smallest absolute Gasteiger partial charge is 0.219 e. The van der Waals surface area contributed by atoms with E-state index in [1.54, 1.807) is 18.2 Å². The van der Waals surface area contributed by atoms with Crippen molar-refractivity contribution >= 4 is 23.2 Å². The van der Waals surface area contributed by atoms with Crippen LogP contribution in [0.5, 0.6) is 11.6 Å². The Morgan fingerprint density at radius 3 is 2.55 bits per heavy atom. The number of rotatable bonds is 4. The Morgan fingerprint density at radius 1 is 1.20 bits per heavy atom. The van der Waals surface area contributed by atoms with Crippen molar-refractivity contribution in [2.75, 3.05) is 0 Å². The van der Waals surface area contributed by atoms with Crippen LogP contribution in [0.3, 0.4) is 0 Å². The number of nitrogens with two attached hydrogens (primary N) is 1. The zero-order chi connectivity index (χ0) is 14.7. The molecule has 0 atom stereocenters. The highest BCUT2D eigenvalue weighted by atomic mass is 35.5. The monoisotopic (exact) mass is 310 g/mol. The Labute approximate surface area is 128 Å². The number of pyridine rings is 1. The minimum Gasteiger partial charge on any atom is -0.437 e. The number of nitrogens with zero attached hydrogens (tertiary/aromatic N) is 1. The van der Waals surface area contributed by atoms with E-state index in [1.807, 2.05) is 12.1 Å². The van der Waals surface area contributed by atoms with Crippen molar-refractivity contribution in [2.24, 2.45) is 5.73 Å². The Morgan fingerprint density at radius 2 is 1.95 bits per heavy atom. The standard InChI is InChI=1S/C15H16Cl2N2O/c1-9(2)13-5-10(8-18)6-15(19-13)20-14-4-3-11(16)7-12(14)17/h3-7,9H,8,18H2,1-2H3.